The predicted octanol–water partition coefficient (Wildman–Crippen LogP) is 2.46. The maximum absolute atomic E-state index is 12.0. The summed E-state index contributed by atoms with van der Waals surface area (Å²) in [7, 11) is 0. The number of anilines is 2. The zero-order valence-electron chi connectivity index (χ0n) is 6.73. The second-order valence-electron chi connectivity index (χ2n) is 2.36. The van der Waals surface area contributed by atoms with Crippen molar-refractivity contribution in [3.63, 3.8) is 0 Å². The molecule has 3 N–H and O–H groups in total. The second-order valence-corrected chi connectivity index (χ2v) is 2.36. The van der Waals surface area contributed by atoms with Gasteiger partial charge in [-0.3, -0.25) is 0 Å². The third-order valence-electron chi connectivity index (χ3n) is 1.38. The average Bonchev–Trinajstić information content (AvgIpc) is 2.01. The molecule has 0 fully saturated rings. The minimum Gasteiger partial charge on any atom is -0.403 e. The van der Waals surface area contributed by atoms with Crippen LogP contribution in [0.3, 0.4) is 0 Å². The fraction of sp³-hybridized carbons (Fsp3) is 0.143. The number of ether oxygens (including phenoxy) is 1. The zero-order chi connectivity index (χ0) is 10.8. The molecule has 0 spiro atoms. The van der Waals surface area contributed by atoms with Gasteiger partial charge in [0.15, 0.2) is 5.75 Å². The van der Waals surface area contributed by atoms with E-state index in [1.54, 1.807) is 0 Å². The van der Waals surface area contributed by atoms with Gasteiger partial charge in [0, 0.05) is 0 Å². The number of para-hydroxylation sites is 1. The largest absolute Gasteiger partial charge is 0.573 e. The van der Waals surface area contributed by atoms with Gasteiger partial charge in [0.25, 0.3) is 0 Å². The Morgan fingerprint density at radius 1 is 1.29 bits per heavy atom. The first-order chi connectivity index (χ1) is 6.44. The maximum atomic E-state index is 12.0. The van der Waals surface area contributed by atoms with Crippen LogP contribution >= 0.6 is 0 Å². The van der Waals surface area contributed by atoms with Gasteiger partial charge in [-0.1, -0.05) is 6.07 Å². The summed E-state index contributed by atoms with van der Waals surface area (Å²) in [6.07, 6.45) is -4.88. The molecule has 1 aromatic rings. The summed E-state index contributed by atoms with van der Waals surface area (Å²) in [6.45, 7) is 0. The molecule has 0 aliphatic carbocycles. The fourth-order valence-electron chi connectivity index (χ4n) is 0.859. The monoisotopic (exact) mass is 210 g/mol. The third-order valence-corrected chi connectivity index (χ3v) is 1.38. The molecule has 0 saturated carbocycles. The first-order valence-electron chi connectivity index (χ1n) is 3.45. The Bertz CT molecular complexity index is 326. The molecule has 1 rings (SSSR count). The molecule has 0 aromatic heterocycles. The van der Waals surface area contributed by atoms with Crippen molar-refractivity contribution in [2.45, 2.75) is 6.36 Å². The van der Waals surface area contributed by atoms with Crippen LogP contribution < -0.4 is 16.0 Å². The van der Waals surface area contributed by atoms with Crippen molar-refractivity contribution in [2.24, 2.45) is 0 Å². The minimum atomic E-state index is -4.88. The summed E-state index contributed by atoms with van der Waals surface area (Å²) in [4.78, 5) is 0. The SMILES string of the molecule is Nc1cccc(OC(F)(F)F)c1NF. The zero-order valence-corrected chi connectivity index (χ0v) is 6.73. The summed E-state index contributed by atoms with van der Waals surface area (Å²) >= 11 is 0. The Morgan fingerprint density at radius 2 is 1.93 bits per heavy atom. The number of hydrogen-bond donors (Lipinski definition) is 2. The Kier molecular flexibility index (Phi) is 2.68. The Morgan fingerprint density at radius 3 is 2.43 bits per heavy atom. The topological polar surface area (TPSA) is 47.3 Å². The normalized spacial score (nSPS) is 11.1. The minimum absolute atomic E-state index is 0.172. The molecule has 0 saturated heterocycles. The molecule has 0 unspecified atom stereocenters. The van der Waals surface area contributed by atoms with E-state index in [4.69, 9.17) is 5.73 Å². The van der Waals surface area contributed by atoms with Crippen molar-refractivity contribution >= 4 is 11.4 Å². The number of benzene rings is 1. The van der Waals surface area contributed by atoms with Crippen LogP contribution in [0.1, 0.15) is 0 Å². The Hall–Kier alpha value is -1.66. The van der Waals surface area contributed by atoms with Crippen LogP contribution in [0.4, 0.5) is 29.0 Å². The summed E-state index contributed by atoms with van der Waals surface area (Å²) in [5, 5.41) is 0. The highest BCUT2D eigenvalue weighted by molar-refractivity contribution is 5.72. The van der Waals surface area contributed by atoms with E-state index < -0.39 is 17.8 Å². The summed E-state index contributed by atoms with van der Waals surface area (Å²) < 4.78 is 50.9. The highest BCUT2D eigenvalue weighted by atomic mass is 19.4. The van der Waals surface area contributed by atoms with Gasteiger partial charge in [0.1, 0.15) is 5.69 Å². The van der Waals surface area contributed by atoms with Crippen LogP contribution in [0, 0.1) is 0 Å². The van der Waals surface area contributed by atoms with Crippen molar-refractivity contribution < 1.29 is 22.4 Å². The summed E-state index contributed by atoms with van der Waals surface area (Å²) in [6, 6.07) is 3.41. The van der Waals surface area contributed by atoms with E-state index in [0.29, 0.717) is 0 Å². The van der Waals surface area contributed by atoms with E-state index >= 15 is 0 Å². The second kappa shape index (κ2) is 3.60. The molecular weight excluding hydrogens is 204 g/mol. The van der Waals surface area contributed by atoms with Crippen LogP contribution in [-0.2, 0) is 0 Å². The van der Waals surface area contributed by atoms with E-state index in [9.17, 15) is 17.7 Å². The summed E-state index contributed by atoms with van der Waals surface area (Å²) in [5.74, 6) is -0.708. The average molecular weight is 210 g/mol. The summed E-state index contributed by atoms with van der Waals surface area (Å²) in [5.41, 5.74) is 5.53. The Balaban J connectivity index is 3.02. The predicted molar refractivity (Wildman–Crippen MR) is 42.3 cm³/mol. The molecular formula is C7H6F4N2O. The van der Waals surface area contributed by atoms with E-state index in [2.05, 4.69) is 4.74 Å². The lowest BCUT2D eigenvalue weighted by Gasteiger charge is -2.12. The quantitative estimate of drug-likeness (QED) is 0.447. The van der Waals surface area contributed by atoms with Crippen molar-refractivity contribution in [3.8, 4) is 5.75 Å². The molecule has 0 heterocycles. The van der Waals surface area contributed by atoms with Crippen LogP contribution in [0.15, 0.2) is 18.2 Å². The molecule has 0 amide bonds. The van der Waals surface area contributed by atoms with Gasteiger partial charge < -0.3 is 10.5 Å². The number of hydrogen-bond acceptors (Lipinski definition) is 3. The first kappa shape index (κ1) is 10.4. The van der Waals surface area contributed by atoms with Crippen molar-refractivity contribution in [3.05, 3.63) is 18.2 Å². The van der Waals surface area contributed by atoms with Gasteiger partial charge in [-0.2, -0.15) is 0 Å². The molecule has 0 bridgehead atoms. The number of nitrogens with two attached hydrogens (primary N) is 1. The van der Waals surface area contributed by atoms with Gasteiger partial charge in [0.05, 0.1) is 5.69 Å². The molecule has 1 aromatic carbocycles. The molecule has 78 valence electrons. The van der Waals surface area contributed by atoms with Gasteiger partial charge in [-0.05, 0) is 12.1 Å². The van der Waals surface area contributed by atoms with Crippen molar-refractivity contribution in [1.82, 2.24) is 0 Å². The highest BCUT2D eigenvalue weighted by Crippen LogP contribution is 2.34. The number of alkyl halides is 3. The molecule has 7 heteroatoms. The fourth-order valence-corrected chi connectivity index (χ4v) is 0.859. The van der Waals surface area contributed by atoms with Crippen LogP contribution in [0.5, 0.6) is 5.75 Å². The van der Waals surface area contributed by atoms with E-state index in [-0.39, 0.29) is 5.69 Å². The molecule has 0 atom stereocenters. The van der Waals surface area contributed by atoms with Crippen molar-refractivity contribution in [2.75, 3.05) is 11.3 Å². The smallest absolute Gasteiger partial charge is 0.403 e. The number of nitrogens with one attached hydrogen (secondary N) is 1. The van der Waals surface area contributed by atoms with Crippen LogP contribution in [-0.4, -0.2) is 6.36 Å². The number of nitrogen functional groups attached to an aromatic ring is 1. The molecule has 0 radical (unpaired) electrons. The van der Waals surface area contributed by atoms with Gasteiger partial charge >= 0.3 is 6.36 Å². The molecule has 3 nitrogen and oxygen atoms in total. The molecule has 14 heavy (non-hydrogen) atoms. The van der Waals surface area contributed by atoms with Crippen molar-refractivity contribution in [1.29, 1.82) is 0 Å². The Labute approximate surface area is 76.4 Å². The van der Waals surface area contributed by atoms with Gasteiger partial charge in [-0.15, -0.1) is 17.7 Å². The lowest BCUT2D eigenvalue weighted by Crippen LogP contribution is -2.18. The highest BCUT2D eigenvalue weighted by Gasteiger charge is 2.32. The molecule has 0 aliphatic rings. The molecule has 0 aliphatic heterocycles. The number of halogens is 4. The van der Waals surface area contributed by atoms with Crippen LogP contribution in [0.2, 0.25) is 0 Å². The standard InChI is InChI=1S/C7H6F4N2O/c8-7(9,10)14-5-3-1-2-4(12)6(5)13-11/h1-3,13H,12H2. The third kappa shape index (κ3) is 2.41. The number of rotatable bonds is 2. The van der Waals surface area contributed by atoms with E-state index in [1.807, 2.05) is 0 Å². The van der Waals surface area contributed by atoms with E-state index in [0.717, 1.165) is 11.6 Å². The van der Waals surface area contributed by atoms with E-state index in [1.165, 1.54) is 12.1 Å². The van der Waals surface area contributed by atoms with Gasteiger partial charge in [-0.25, -0.2) is 5.54 Å². The lowest BCUT2D eigenvalue weighted by molar-refractivity contribution is -0.274. The lowest BCUT2D eigenvalue weighted by atomic mass is 10.2. The maximum Gasteiger partial charge on any atom is 0.573 e. The van der Waals surface area contributed by atoms with Crippen LogP contribution in [0.25, 0.3) is 0 Å². The van der Waals surface area contributed by atoms with Gasteiger partial charge in [0.2, 0.25) is 0 Å². The first-order valence-corrected chi connectivity index (χ1v) is 3.45.